The smallest absolute Gasteiger partial charge is 0.303 e. The Labute approximate surface area is 124 Å². The molecule has 0 aromatic carbocycles. The third kappa shape index (κ3) is 57.8. The van der Waals surface area contributed by atoms with Crippen LogP contribution in [0, 0.1) is 0 Å². The van der Waals surface area contributed by atoms with Crippen molar-refractivity contribution in [2.45, 2.75) is 0 Å². The van der Waals surface area contributed by atoms with Crippen LogP contribution >= 0.6 is 7.82 Å². The zero-order valence-electron chi connectivity index (χ0n) is 4.09. The van der Waals surface area contributed by atoms with E-state index in [9.17, 15) is 0 Å². The average Bonchev–Trinajstić information content (AvgIpc) is 0.722. The minimum atomic E-state index is -4.64. The molecule has 0 heterocycles. The number of hydrogen-bond donors (Lipinski definition) is 3. The molecule has 43 valence electrons. The fourth-order valence-electron chi connectivity index (χ4n) is 0. The van der Waals surface area contributed by atoms with Crippen LogP contribution in [0.2, 0.25) is 0 Å². The fraction of sp³-hybridized carbons (Fsp3) is 0. The van der Waals surface area contributed by atoms with Crippen LogP contribution in [0.5, 0.6) is 0 Å². The van der Waals surface area contributed by atoms with Crippen molar-refractivity contribution >= 4 is 85.4 Å². The Morgan fingerprint density at radius 2 is 1.12 bits per heavy atom. The van der Waals surface area contributed by atoms with Gasteiger partial charge in [0.05, 0.1) is 0 Å². The first-order chi connectivity index (χ1) is 2.00. The van der Waals surface area contributed by atoms with E-state index in [4.69, 9.17) is 19.2 Å². The van der Waals surface area contributed by atoms with Crippen molar-refractivity contribution in [3.05, 3.63) is 0 Å². The molecule has 8 heteroatoms. The van der Waals surface area contributed by atoms with Gasteiger partial charge in [-0.15, -0.1) is 0 Å². The Bertz CT molecular complexity index is 62.2. The molecule has 0 saturated heterocycles. The maximum atomic E-state index is 8.88. The molecule has 0 aliphatic heterocycles. The van der Waals surface area contributed by atoms with Gasteiger partial charge in [-0.3, -0.25) is 0 Å². The molecular weight excluding hydrogens is 524 g/mol. The minimum Gasteiger partial charge on any atom is -0.303 e. The van der Waals surface area contributed by atoms with E-state index < -0.39 is 7.82 Å². The van der Waals surface area contributed by atoms with Gasteiger partial charge in [0.2, 0.25) is 0 Å². The molecule has 0 atom stereocenters. The predicted octanol–water partition coefficient (Wildman–Crippen LogP) is -1.69. The van der Waals surface area contributed by atoms with Crippen LogP contribution in [0.4, 0.5) is 0 Å². The van der Waals surface area contributed by atoms with Crippen molar-refractivity contribution in [1.29, 1.82) is 0 Å². The average molecular weight is 527 g/mol. The number of hydrogen-bond acceptors (Lipinski definition) is 1. The van der Waals surface area contributed by atoms with Gasteiger partial charge >= 0.3 is 7.82 Å². The van der Waals surface area contributed by atoms with Crippen LogP contribution < -0.4 is 0 Å². The van der Waals surface area contributed by atoms with Crippen LogP contribution in [0.25, 0.3) is 0 Å². The second-order valence-corrected chi connectivity index (χ2v) is 1.54. The molecule has 0 unspecified atom stereocenters. The topological polar surface area (TPSA) is 77.8 Å². The molecule has 0 aliphatic rings. The summed E-state index contributed by atoms with van der Waals surface area (Å²) in [5, 5.41) is 0. The maximum absolute atomic E-state index is 8.88. The van der Waals surface area contributed by atoms with Crippen LogP contribution in [0.1, 0.15) is 0 Å². The molecule has 0 saturated carbocycles. The Morgan fingerprint density at radius 1 is 1.12 bits per heavy atom. The third-order valence-electron chi connectivity index (χ3n) is 0. The van der Waals surface area contributed by atoms with E-state index in [1.807, 2.05) is 0 Å². The van der Waals surface area contributed by atoms with Crippen molar-refractivity contribution in [1.82, 2.24) is 0 Å². The van der Waals surface area contributed by atoms with Crippen LogP contribution in [0.3, 0.4) is 0 Å². The summed E-state index contributed by atoms with van der Waals surface area (Å²) in [6.45, 7) is 0. The first-order valence-electron chi connectivity index (χ1n) is 0.783. The Morgan fingerprint density at radius 3 is 1.12 bits per heavy atom. The van der Waals surface area contributed by atoms with Crippen LogP contribution in [-0.4, -0.2) is 92.3 Å². The van der Waals surface area contributed by atoms with E-state index >= 15 is 0 Å². The Balaban J connectivity index is -0.0000000267. The largest absolute Gasteiger partial charge is 0.466 e. The maximum Gasteiger partial charge on any atom is 0.466 e. The first-order valence-corrected chi connectivity index (χ1v) is 2.35. The molecule has 4 nitrogen and oxygen atoms in total. The van der Waals surface area contributed by atoms with E-state index in [0.29, 0.717) is 0 Å². The number of rotatable bonds is 0. The van der Waals surface area contributed by atoms with Crippen molar-refractivity contribution in [2.24, 2.45) is 0 Å². The van der Waals surface area contributed by atoms with E-state index in [1.165, 1.54) is 0 Å². The zero-order valence-corrected chi connectivity index (χ0v) is 14.8. The molecule has 0 fully saturated rings. The second-order valence-electron chi connectivity index (χ2n) is 0.513. The first kappa shape index (κ1) is 22.5. The summed E-state index contributed by atoms with van der Waals surface area (Å²) in [7, 11) is -4.64. The number of phosphoric acid groups is 1. The third-order valence-corrected chi connectivity index (χ3v) is 0. The van der Waals surface area contributed by atoms with Gasteiger partial charge in [-0.05, 0) is 0 Å². The van der Waals surface area contributed by atoms with Crippen molar-refractivity contribution in [3.8, 4) is 0 Å². The van der Waals surface area contributed by atoms with Gasteiger partial charge < -0.3 is 14.7 Å². The molecule has 8 heavy (non-hydrogen) atoms. The van der Waals surface area contributed by atoms with Crippen LogP contribution in [0.15, 0.2) is 0 Å². The zero-order chi connectivity index (χ0) is 4.50. The van der Waals surface area contributed by atoms with Crippen molar-refractivity contribution < 1.29 is 41.6 Å². The van der Waals surface area contributed by atoms with Crippen LogP contribution in [-0.2, 0) is 26.9 Å². The summed E-state index contributed by atoms with van der Waals surface area (Å²) >= 11 is 0. The Kier molecular flexibility index (Phi) is 29.2. The molecule has 0 rings (SSSR count). The van der Waals surface area contributed by atoms with Crippen molar-refractivity contribution in [2.75, 3.05) is 0 Å². The quantitative estimate of drug-likeness (QED) is 0.260. The van der Waals surface area contributed by atoms with Gasteiger partial charge in [-0.1, -0.05) is 0 Å². The summed E-state index contributed by atoms with van der Waals surface area (Å²) < 4.78 is 8.88. The van der Waals surface area contributed by atoms with Crippen molar-refractivity contribution in [3.63, 3.8) is 0 Å². The predicted molar refractivity (Wildman–Crippen MR) is 25.8 cm³/mol. The molecule has 5 radical (unpaired) electrons. The molecular formula is H3BiKO4PTa. The second kappa shape index (κ2) is 10.4. The summed E-state index contributed by atoms with van der Waals surface area (Å²) in [5.74, 6) is 0. The van der Waals surface area contributed by atoms with Gasteiger partial charge in [0, 0.05) is 100.0 Å². The van der Waals surface area contributed by atoms with Gasteiger partial charge in [0.25, 0.3) is 0 Å². The van der Waals surface area contributed by atoms with Gasteiger partial charge in [0.15, 0.2) is 0 Å². The molecule has 0 amide bonds. The SMILES string of the molecule is O=P(O)(O)O.[Bi].[K].[Ta]. The minimum absolute atomic E-state index is 0. The molecule has 0 bridgehead atoms. The van der Waals surface area contributed by atoms with E-state index in [2.05, 4.69) is 0 Å². The monoisotopic (exact) mass is 527 g/mol. The summed E-state index contributed by atoms with van der Waals surface area (Å²) in [6, 6.07) is 0. The standard InChI is InChI=1S/Bi.K.H3O4P.Ta/c;;1-5(2,3)4;/h;;(H3,1,2,3,4);. The van der Waals surface area contributed by atoms with E-state index in [-0.39, 0.29) is 100.0 Å². The fourth-order valence-corrected chi connectivity index (χ4v) is 0. The molecule has 0 aromatic rings. The molecule has 3 N–H and O–H groups in total. The van der Waals surface area contributed by atoms with Gasteiger partial charge in [-0.25, -0.2) is 4.57 Å². The van der Waals surface area contributed by atoms with Gasteiger partial charge in [0.1, 0.15) is 0 Å². The normalized spacial score (nSPS) is 7.38. The Hall–Kier alpha value is 3.37. The van der Waals surface area contributed by atoms with Gasteiger partial charge in [-0.2, -0.15) is 0 Å². The van der Waals surface area contributed by atoms with E-state index in [1.54, 1.807) is 0 Å². The summed E-state index contributed by atoms with van der Waals surface area (Å²) in [5.41, 5.74) is 0. The summed E-state index contributed by atoms with van der Waals surface area (Å²) in [4.78, 5) is 21.6. The molecule has 0 spiro atoms. The summed E-state index contributed by atoms with van der Waals surface area (Å²) in [6.07, 6.45) is 0. The van der Waals surface area contributed by atoms with E-state index in [0.717, 1.165) is 0 Å². The molecule has 0 aromatic heterocycles. The molecule has 0 aliphatic carbocycles.